The zero-order chi connectivity index (χ0) is 13.0. The highest BCUT2D eigenvalue weighted by Crippen LogP contribution is 2.22. The second kappa shape index (κ2) is 5.67. The molecule has 1 saturated heterocycles. The fraction of sp³-hybridized carbons (Fsp3) is 0.643. The summed E-state index contributed by atoms with van der Waals surface area (Å²) >= 11 is 0. The molecule has 1 aliphatic heterocycles. The highest BCUT2D eigenvalue weighted by atomic mass is 16.5. The van der Waals surface area contributed by atoms with Gasteiger partial charge in [-0.1, -0.05) is 0 Å². The van der Waals surface area contributed by atoms with Gasteiger partial charge in [-0.05, 0) is 33.2 Å². The van der Waals surface area contributed by atoms with Crippen molar-refractivity contribution in [3.05, 3.63) is 23.5 Å². The van der Waals surface area contributed by atoms with E-state index in [-0.39, 0.29) is 5.60 Å². The zero-order valence-electron chi connectivity index (χ0n) is 11.5. The number of aromatic nitrogens is 1. The standard InChI is InChI=1S/C14H22N2O2/c1-11-7-13(17-3)8-12(16-11)9-18-14(2)5-4-6-15-10-14/h7-8,15H,4-6,9-10H2,1-3H3. The lowest BCUT2D eigenvalue weighted by molar-refractivity contribution is -0.0584. The van der Waals surface area contributed by atoms with Crippen molar-refractivity contribution in [1.82, 2.24) is 10.3 Å². The maximum absolute atomic E-state index is 6.03. The summed E-state index contributed by atoms with van der Waals surface area (Å²) in [6.07, 6.45) is 2.27. The van der Waals surface area contributed by atoms with Crippen LogP contribution in [-0.4, -0.2) is 30.8 Å². The summed E-state index contributed by atoms with van der Waals surface area (Å²) in [5.74, 6) is 0.841. The molecule has 0 aromatic carbocycles. The molecule has 2 rings (SSSR count). The van der Waals surface area contributed by atoms with Gasteiger partial charge < -0.3 is 14.8 Å². The number of nitrogens with one attached hydrogen (secondary N) is 1. The average molecular weight is 250 g/mol. The highest BCUT2D eigenvalue weighted by molar-refractivity contribution is 5.26. The number of hydrogen-bond donors (Lipinski definition) is 1. The van der Waals surface area contributed by atoms with Crippen LogP contribution < -0.4 is 10.1 Å². The van der Waals surface area contributed by atoms with E-state index in [1.165, 1.54) is 6.42 Å². The third-order valence-corrected chi connectivity index (χ3v) is 3.34. The number of methoxy groups -OCH3 is 1. The molecular weight excluding hydrogens is 228 g/mol. The van der Waals surface area contributed by atoms with Crippen LogP contribution in [0.2, 0.25) is 0 Å². The molecule has 4 heteroatoms. The molecule has 0 bridgehead atoms. The van der Waals surface area contributed by atoms with Crippen LogP contribution in [0.25, 0.3) is 0 Å². The van der Waals surface area contributed by atoms with Gasteiger partial charge in [0.15, 0.2) is 0 Å². The fourth-order valence-electron chi connectivity index (χ4n) is 2.29. The normalized spacial score (nSPS) is 23.9. The van der Waals surface area contributed by atoms with E-state index in [9.17, 15) is 0 Å². The molecule has 4 nitrogen and oxygen atoms in total. The van der Waals surface area contributed by atoms with Gasteiger partial charge in [-0.25, -0.2) is 0 Å². The smallest absolute Gasteiger partial charge is 0.122 e. The van der Waals surface area contributed by atoms with E-state index in [1.807, 2.05) is 19.1 Å². The molecule has 1 aliphatic rings. The monoisotopic (exact) mass is 250 g/mol. The molecule has 0 saturated carbocycles. The largest absolute Gasteiger partial charge is 0.497 e. The Morgan fingerprint density at radius 3 is 2.94 bits per heavy atom. The minimum Gasteiger partial charge on any atom is -0.497 e. The van der Waals surface area contributed by atoms with Crippen molar-refractivity contribution in [2.45, 2.75) is 38.9 Å². The first-order chi connectivity index (χ1) is 8.61. The Labute approximate surface area is 109 Å². The second-order valence-electron chi connectivity index (χ2n) is 5.16. The van der Waals surface area contributed by atoms with E-state index >= 15 is 0 Å². The van der Waals surface area contributed by atoms with Crippen molar-refractivity contribution in [2.75, 3.05) is 20.2 Å². The van der Waals surface area contributed by atoms with Gasteiger partial charge in [0, 0.05) is 24.4 Å². The number of pyridine rings is 1. The van der Waals surface area contributed by atoms with Gasteiger partial charge in [0.05, 0.1) is 25.0 Å². The van der Waals surface area contributed by atoms with Gasteiger partial charge >= 0.3 is 0 Å². The van der Waals surface area contributed by atoms with Gasteiger partial charge in [-0.2, -0.15) is 0 Å². The fourth-order valence-corrected chi connectivity index (χ4v) is 2.29. The van der Waals surface area contributed by atoms with E-state index in [0.29, 0.717) is 6.61 Å². The molecule has 1 fully saturated rings. The topological polar surface area (TPSA) is 43.4 Å². The van der Waals surface area contributed by atoms with Crippen molar-refractivity contribution in [3.8, 4) is 5.75 Å². The van der Waals surface area contributed by atoms with Gasteiger partial charge in [-0.15, -0.1) is 0 Å². The van der Waals surface area contributed by atoms with E-state index in [2.05, 4.69) is 17.2 Å². The number of piperidine rings is 1. The van der Waals surface area contributed by atoms with E-state index in [4.69, 9.17) is 9.47 Å². The Hall–Kier alpha value is -1.13. The molecule has 0 aliphatic carbocycles. The van der Waals surface area contributed by atoms with Crippen LogP contribution in [0.4, 0.5) is 0 Å². The molecule has 1 unspecified atom stereocenters. The predicted octanol–water partition coefficient (Wildman–Crippen LogP) is 2.06. The molecule has 2 heterocycles. The van der Waals surface area contributed by atoms with Crippen LogP contribution in [0, 0.1) is 6.92 Å². The third-order valence-electron chi connectivity index (χ3n) is 3.34. The first kappa shape index (κ1) is 13.3. The highest BCUT2D eigenvalue weighted by Gasteiger charge is 2.27. The number of nitrogens with zero attached hydrogens (tertiary/aromatic N) is 1. The Bertz CT molecular complexity index is 401. The molecular formula is C14H22N2O2. The number of rotatable bonds is 4. The number of aryl methyl sites for hydroxylation is 1. The van der Waals surface area contributed by atoms with E-state index in [1.54, 1.807) is 7.11 Å². The summed E-state index contributed by atoms with van der Waals surface area (Å²) in [6.45, 7) is 6.67. The molecule has 100 valence electrons. The molecule has 0 spiro atoms. The molecule has 1 atom stereocenters. The summed E-state index contributed by atoms with van der Waals surface area (Å²) in [6, 6.07) is 3.86. The van der Waals surface area contributed by atoms with Gasteiger partial charge in [0.1, 0.15) is 5.75 Å². The van der Waals surface area contributed by atoms with Crippen LogP contribution in [-0.2, 0) is 11.3 Å². The van der Waals surface area contributed by atoms with Gasteiger partial charge in [0.2, 0.25) is 0 Å². The predicted molar refractivity (Wildman–Crippen MR) is 70.8 cm³/mol. The quantitative estimate of drug-likeness (QED) is 0.888. The number of hydrogen-bond acceptors (Lipinski definition) is 4. The lowest BCUT2D eigenvalue weighted by Crippen LogP contribution is -2.45. The van der Waals surface area contributed by atoms with Crippen LogP contribution >= 0.6 is 0 Å². The molecule has 1 N–H and O–H groups in total. The van der Waals surface area contributed by atoms with Crippen molar-refractivity contribution in [3.63, 3.8) is 0 Å². The van der Waals surface area contributed by atoms with Crippen LogP contribution in [0.15, 0.2) is 12.1 Å². The Morgan fingerprint density at radius 2 is 2.28 bits per heavy atom. The van der Waals surface area contributed by atoms with Crippen molar-refractivity contribution in [2.24, 2.45) is 0 Å². The molecule has 1 aromatic heterocycles. The minimum atomic E-state index is -0.0725. The maximum atomic E-state index is 6.03. The molecule has 0 amide bonds. The SMILES string of the molecule is COc1cc(C)nc(COC2(C)CCCNC2)c1. The third kappa shape index (κ3) is 3.43. The Balaban J connectivity index is 1.98. The number of ether oxygens (including phenoxy) is 2. The van der Waals surface area contributed by atoms with Crippen LogP contribution in [0.1, 0.15) is 31.2 Å². The van der Waals surface area contributed by atoms with Crippen molar-refractivity contribution >= 4 is 0 Å². The maximum Gasteiger partial charge on any atom is 0.122 e. The molecule has 0 radical (unpaired) electrons. The Morgan fingerprint density at radius 1 is 1.44 bits per heavy atom. The lowest BCUT2D eigenvalue weighted by atomic mass is 9.96. The summed E-state index contributed by atoms with van der Waals surface area (Å²) in [5, 5.41) is 3.38. The summed E-state index contributed by atoms with van der Waals surface area (Å²) in [7, 11) is 1.67. The van der Waals surface area contributed by atoms with Crippen molar-refractivity contribution in [1.29, 1.82) is 0 Å². The van der Waals surface area contributed by atoms with E-state index in [0.717, 1.165) is 36.6 Å². The van der Waals surface area contributed by atoms with Crippen LogP contribution in [0.3, 0.4) is 0 Å². The molecule has 18 heavy (non-hydrogen) atoms. The minimum absolute atomic E-state index is 0.0725. The lowest BCUT2D eigenvalue weighted by Gasteiger charge is -2.34. The summed E-state index contributed by atoms with van der Waals surface area (Å²) in [4.78, 5) is 4.47. The van der Waals surface area contributed by atoms with Crippen molar-refractivity contribution < 1.29 is 9.47 Å². The molecule has 1 aromatic rings. The van der Waals surface area contributed by atoms with E-state index < -0.39 is 0 Å². The Kier molecular flexibility index (Phi) is 4.19. The van der Waals surface area contributed by atoms with Gasteiger partial charge in [-0.3, -0.25) is 4.98 Å². The van der Waals surface area contributed by atoms with Gasteiger partial charge in [0.25, 0.3) is 0 Å². The zero-order valence-corrected chi connectivity index (χ0v) is 11.5. The summed E-state index contributed by atoms with van der Waals surface area (Å²) in [5.41, 5.74) is 1.82. The average Bonchev–Trinajstić information content (AvgIpc) is 2.37. The van der Waals surface area contributed by atoms with Crippen LogP contribution in [0.5, 0.6) is 5.75 Å². The first-order valence-corrected chi connectivity index (χ1v) is 6.47. The summed E-state index contributed by atoms with van der Waals surface area (Å²) < 4.78 is 11.3. The first-order valence-electron chi connectivity index (χ1n) is 6.47. The second-order valence-corrected chi connectivity index (χ2v) is 5.16.